The monoisotopic (exact) mass is 398 g/mol. The summed E-state index contributed by atoms with van der Waals surface area (Å²) in [5, 5.41) is 3.19. The molecule has 3 rings (SSSR count). The molecule has 1 N–H and O–H groups in total. The van der Waals surface area contributed by atoms with Gasteiger partial charge in [0.1, 0.15) is 5.82 Å². The van der Waals surface area contributed by atoms with Gasteiger partial charge in [-0.3, -0.25) is 14.7 Å². The summed E-state index contributed by atoms with van der Waals surface area (Å²) in [7, 11) is 0. The summed E-state index contributed by atoms with van der Waals surface area (Å²) in [6.07, 6.45) is 2.90. The molecular weight excluding hydrogens is 367 g/mol. The van der Waals surface area contributed by atoms with E-state index in [9.17, 15) is 9.18 Å². The van der Waals surface area contributed by atoms with Crippen LogP contribution in [0.15, 0.2) is 36.7 Å². The van der Waals surface area contributed by atoms with E-state index in [2.05, 4.69) is 66.0 Å². The molecule has 156 valence electrons. The largest absolute Gasteiger partial charge is 0.368 e. The van der Waals surface area contributed by atoms with Gasteiger partial charge in [0.2, 0.25) is 5.91 Å². The molecule has 0 unspecified atom stereocenters. The van der Waals surface area contributed by atoms with Crippen LogP contribution in [0.1, 0.15) is 50.7 Å². The molecule has 1 aromatic carbocycles. The van der Waals surface area contributed by atoms with E-state index >= 15 is 0 Å². The zero-order chi connectivity index (χ0) is 21.0. The van der Waals surface area contributed by atoms with Crippen molar-refractivity contribution in [2.75, 3.05) is 42.9 Å². The van der Waals surface area contributed by atoms with Crippen LogP contribution in [0.2, 0.25) is 0 Å². The minimum Gasteiger partial charge on any atom is -0.368 e. The summed E-state index contributed by atoms with van der Waals surface area (Å²) >= 11 is 0. The van der Waals surface area contributed by atoms with E-state index < -0.39 is 0 Å². The molecule has 2 heterocycles. The third kappa shape index (κ3) is 5.32. The zero-order valence-corrected chi connectivity index (χ0v) is 17.8. The minimum atomic E-state index is -0.325. The fourth-order valence-corrected chi connectivity index (χ4v) is 3.82. The van der Waals surface area contributed by atoms with Gasteiger partial charge in [-0.05, 0) is 23.0 Å². The molecule has 0 atom stereocenters. The third-order valence-electron chi connectivity index (χ3n) is 5.43. The van der Waals surface area contributed by atoms with E-state index in [0.717, 1.165) is 37.6 Å². The van der Waals surface area contributed by atoms with Gasteiger partial charge in [-0.25, -0.2) is 4.39 Å². The summed E-state index contributed by atoms with van der Waals surface area (Å²) < 4.78 is 13.4. The number of aromatic nitrogens is 1. The van der Waals surface area contributed by atoms with E-state index in [4.69, 9.17) is 0 Å². The maximum atomic E-state index is 13.4. The van der Waals surface area contributed by atoms with Gasteiger partial charge in [-0.1, -0.05) is 45.9 Å². The number of carbonyl (C=O) groups is 1. The Hall–Kier alpha value is -2.47. The fourth-order valence-electron chi connectivity index (χ4n) is 3.82. The summed E-state index contributed by atoms with van der Waals surface area (Å²) in [6, 6.07) is 7.77. The molecule has 5 nitrogen and oxygen atoms in total. The number of hydrogen-bond acceptors (Lipinski definition) is 4. The first-order valence-corrected chi connectivity index (χ1v) is 10.4. The van der Waals surface area contributed by atoms with Gasteiger partial charge in [0, 0.05) is 37.9 Å². The van der Waals surface area contributed by atoms with Crippen molar-refractivity contribution in [1.29, 1.82) is 0 Å². The Morgan fingerprint density at radius 1 is 1.07 bits per heavy atom. The third-order valence-corrected chi connectivity index (χ3v) is 5.43. The van der Waals surface area contributed by atoms with E-state index in [1.807, 2.05) is 0 Å². The fraction of sp³-hybridized carbons (Fsp3) is 0.478. The molecule has 6 heteroatoms. The van der Waals surface area contributed by atoms with Crippen molar-refractivity contribution in [1.82, 2.24) is 9.88 Å². The predicted octanol–water partition coefficient (Wildman–Crippen LogP) is 4.23. The Labute approximate surface area is 172 Å². The highest BCUT2D eigenvalue weighted by molar-refractivity contribution is 5.94. The Kier molecular flexibility index (Phi) is 6.85. The highest BCUT2D eigenvalue weighted by atomic mass is 19.1. The highest BCUT2D eigenvalue weighted by Crippen LogP contribution is 2.32. The lowest BCUT2D eigenvalue weighted by atomic mass is 9.92. The summed E-state index contributed by atoms with van der Waals surface area (Å²) in [6.45, 7) is 12.0. The molecule has 1 aliphatic rings. The van der Waals surface area contributed by atoms with Crippen LogP contribution in [0, 0.1) is 5.82 Å². The van der Waals surface area contributed by atoms with Crippen LogP contribution in [0.3, 0.4) is 0 Å². The number of pyridine rings is 1. The first kappa shape index (κ1) is 21.2. The molecule has 1 amide bonds. The molecule has 1 saturated heterocycles. The standard InChI is InChI=1S/C23H31FN4O/c1-16(2)20-6-5-7-21(17(3)4)23(20)26-22(29)15-27-8-10-28(11-9-27)19-12-18(24)13-25-14-19/h5-7,12-14,16-17H,8-11,15H2,1-4H3,(H,26,29). The topological polar surface area (TPSA) is 48.5 Å². The van der Waals surface area contributed by atoms with E-state index in [1.54, 1.807) is 6.20 Å². The quantitative estimate of drug-likeness (QED) is 0.791. The second-order valence-electron chi connectivity index (χ2n) is 8.29. The second-order valence-corrected chi connectivity index (χ2v) is 8.29. The van der Waals surface area contributed by atoms with Gasteiger partial charge in [-0.15, -0.1) is 0 Å². The summed E-state index contributed by atoms with van der Waals surface area (Å²) in [5.41, 5.74) is 4.11. The number of nitrogens with one attached hydrogen (secondary N) is 1. The number of rotatable bonds is 6. The van der Waals surface area contributed by atoms with Gasteiger partial charge in [0.25, 0.3) is 0 Å². The SMILES string of the molecule is CC(C)c1cccc(C(C)C)c1NC(=O)CN1CCN(c2cncc(F)c2)CC1. The summed E-state index contributed by atoms with van der Waals surface area (Å²) in [4.78, 5) is 21.0. The van der Waals surface area contributed by atoms with Crippen molar-refractivity contribution in [3.63, 3.8) is 0 Å². The van der Waals surface area contributed by atoms with Gasteiger partial charge < -0.3 is 10.2 Å². The maximum Gasteiger partial charge on any atom is 0.238 e. The van der Waals surface area contributed by atoms with Crippen LogP contribution in [0.5, 0.6) is 0 Å². The number of amides is 1. The highest BCUT2D eigenvalue weighted by Gasteiger charge is 2.21. The van der Waals surface area contributed by atoms with Crippen molar-refractivity contribution in [2.45, 2.75) is 39.5 Å². The normalized spacial score (nSPS) is 15.2. The molecule has 0 spiro atoms. The van der Waals surface area contributed by atoms with Gasteiger partial charge in [-0.2, -0.15) is 0 Å². The molecule has 1 fully saturated rings. The molecule has 2 aromatic rings. The predicted molar refractivity (Wildman–Crippen MR) is 116 cm³/mol. The molecule has 0 bridgehead atoms. The zero-order valence-electron chi connectivity index (χ0n) is 17.8. The van der Waals surface area contributed by atoms with E-state index in [1.165, 1.54) is 23.4 Å². The molecule has 0 radical (unpaired) electrons. The number of carbonyl (C=O) groups excluding carboxylic acids is 1. The maximum absolute atomic E-state index is 13.4. The molecule has 29 heavy (non-hydrogen) atoms. The van der Waals surface area contributed by atoms with E-state index in [-0.39, 0.29) is 11.7 Å². The van der Waals surface area contributed by atoms with Gasteiger partial charge >= 0.3 is 0 Å². The number of hydrogen-bond donors (Lipinski definition) is 1. The number of benzene rings is 1. The minimum absolute atomic E-state index is 0.0147. The van der Waals surface area contributed by atoms with Crippen LogP contribution in [0.25, 0.3) is 0 Å². The lowest BCUT2D eigenvalue weighted by Crippen LogP contribution is -2.48. The van der Waals surface area contributed by atoms with Crippen molar-refractivity contribution in [3.8, 4) is 0 Å². The first-order chi connectivity index (χ1) is 13.8. The smallest absolute Gasteiger partial charge is 0.238 e. The lowest BCUT2D eigenvalue weighted by molar-refractivity contribution is -0.117. The van der Waals surface area contributed by atoms with Gasteiger partial charge in [0.15, 0.2) is 0 Å². The first-order valence-electron chi connectivity index (χ1n) is 10.4. The lowest BCUT2D eigenvalue weighted by Gasteiger charge is -2.35. The Morgan fingerprint density at radius 2 is 1.69 bits per heavy atom. The van der Waals surface area contributed by atoms with Crippen molar-refractivity contribution < 1.29 is 9.18 Å². The number of anilines is 2. The Balaban J connectivity index is 1.61. The van der Waals surface area contributed by atoms with Crippen LogP contribution in [-0.4, -0.2) is 48.5 Å². The van der Waals surface area contributed by atoms with Crippen LogP contribution in [-0.2, 0) is 4.79 Å². The van der Waals surface area contributed by atoms with E-state index in [0.29, 0.717) is 18.4 Å². The molecule has 1 aliphatic heterocycles. The second kappa shape index (κ2) is 9.35. The van der Waals surface area contributed by atoms with Crippen LogP contribution >= 0.6 is 0 Å². The molecular formula is C23H31FN4O. The number of nitrogens with zero attached hydrogens (tertiary/aromatic N) is 3. The average molecular weight is 399 g/mol. The van der Waals surface area contributed by atoms with Crippen molar-refractivity contribution >= 4 is 17.3 Å². The Bertz CT molecular complexity index is 818. The molecule has 0 aliphatic carbocycles. The number of para-hydroxylation sites is 1. The van der Waals surface area contributed by atoms with Crippen molar-refractivity contribution in [2.24, 2.45) is 0 Å². The summed E-state index contributed by atoms with van der Waals surface area (Å²) in [5.74, 6) is 0.370. The molecule has 1 aromatic heterocycles. The number of halogens is 1. The number of piperazine rings is 1. The Morgan fingerprint density at radius 3 is 2.24 bits per heavy atom. The molecule has 0 saturated carbocycles. The average Bonchev–Trinajstić information content (AvgIpc) is 2.68. The van der Waals surface area contributed by atoms with Crippen LogP contribution in [0.4, 0.5) is 15.8 Å². The van der Waals surface area contributed by atoms with Gasteiger partial charge in [0.05, 0.1) is 24.6 Å². The van der Waals surface area contributed by atoms with Crippen molar-refractivity contribution in [3.05, 3.63) is 53.6 Å². The van der Waals surface area contributed by atoms with Crippen LogP contribution < -0.4 is 10.2 Å².